The van der Waals surface area contributed by atoms with Crippen molar-refractivity contribution in [3.63, 3.8) is 0 Å². The molecule has 1 unspecified atom stereocenters. The lowest BCUT2D eigenvalue weighted by atomic mass is 9.99. The number of aliphatic hydroxyl groups is 1. The summed E-state index contributed by atoms with van der Waals surface area (Å²) in [6.07, 6.45) is 7.12. The van der Waals surface area contributed by atoms with Crippen LogP contribution in [0.5, 0.6) is 0 Å². The van der Waals surface area contributed by atoms with Gasteiger partial charge in [0.15, 0.2) is 0 Å². The maximum Gasteiger partial charge on any atom is 0.225 e. The van der Waals surface area contributed by atoms with Gasteiger partial charge in [0, 0.05) is 32.1 Å². The first-order chi connectivity index (χ1) is 8.69. The van der Waals surface area contributed by atoms with Gasteiger partial charge < -0.3 is 10.0 Å². The van der Waals surface area contributed by atoms with Gasteiger partial charge in [-0.15, -0.1) is 0 Å². The summed E-state index contributed by atoms with van der Waals surface area (Å²) >= 11 is 0. The fourth-order valence-corrected chi connectivity index (χ4v) is 2.48. The number of piperidine rings is 1. The predicted octanol–water partition coefficient (Wildman–Crippen LogP) is 1.88. The molecule has 100 valence electrons. The Balaban J connectivity index is 2.00. The summed E-state index contributed by atoms with van der Waals surface area (Å²) in [6, 6.07) is 0. The van der Waals surface area contributed by atoms with Crippen molar-refractivity contribution in [3.05, 3.63) is 18.0 Å². The molecule has 0 saturated carbocycles. The Morgan fingerprint density at radius 2 is 2.11 bits per heavy atom. The van der Waals surface area contributed by atoms with E-state index in [1.807, 2.05) is 12.4 Å². The molecule has 1 fully saturated rings. The Morgan fingerprint density at radius 3 is 2.72 bits per heavy atom. The lowest BCUT2D eigenvalue weighted by Gasteiger charge is -2.31. The van der Waals surface area contributed by atoms with Crippen LogP contribution >= 0.6 is 0 Å². The van der Waals surface area contributed by atoms with Crippen LogP contribution in [0.2, 0.25) is 0 Å². The zero-order valence-corrected chi connectivity index (χ0v) is 11.3. The minimum Gasteiger partial charge on any atom is -0.396 e. The summed E-state index contributed by atoms with van der Waals surface area (Å²) in [7, 11) is 0. The molecule has 1 N–H and O–H groups in total. The van der Waals surface area contributed by atoms with Gasteiger partial charge in [-0.2, -0.15) is 0 Å². The molecule has 1 aromatic rings. The number of hydrogen-bond donors (Lipinski definition) is 1. The van der Waals surface area contributed by atoms with Crippen molar-refractivity contribution in [3.8, 4) is 0 Å². The van der Waals surface area contributed by atoms with E-state index in [1.165, 1.54) is 5.56 Å². The lowest BCUT2D eigenvalue weighted by molar-refractivity contribution is 0.208. The van der Waals surface area contributed by atoms with E-state index in [9.17, 15) is 5.11 Å². The predicted molar refractivity (Wildman–Crippen MR) is 72.6 cm³/mol. The highest BCUT2D eigenvalue weighted by Crippen LogP contribution is 2.20. The fourth-order valence-electron chi connectivity index (χ4n) is 2.48. The number of rotatable bonds is 4. The molecule has 2 heterocycles. The number of aliphatic hydroxyl groups excluding tert-OH is 1. The first-order valence-electron chi connectivity index (χ1n) is 6.85. The van der Waals surface area contributed by atoms with Gasteiger partial charge in [-0.25, -0.2) is 9.97 Å². The van der Waals surface area contributed by atoms with Gasteiger partial charge in [-0.05, 0) is 36.7 Å². The normalized spacial score (nSPS) is 20.4. The number of nitrogens with zero attached hydrogens (tertiary/aromatic N) is 3. The fraction of sp³-hybridized carbons (Fsp3) is 0.714. The second-order valence-electron chi connectivity index (χ2n) is 5.63. The summed E-state index contributed by atoms with van der Waals surface area (Å²) < 4.78 is 0. The maximum atomic E-state index is 9.23. The Kier molecular flexibility index (Phi) is 4.53. The van der Waals surface area contributed by atoms with E-state index in [4.69, 9.17) is 0 Å². The summed E-state index contributed by atoms with van der Waals surface area (Å²) in [5.74, 6) is 1.81. The van der Waals surface area contributed by atoms with Crippen LogP contribution in [0.15, 0.2) is 12.4 Å². The molecule has 18 heavy (non-hydrogen) atoms. The first kappa shape index (κ1) is 13.3. The zero-order valence-electron chi connectivity index (χ0n) is 11.3. The molecule has 4 heteroatoms. The van der Waals surface area contributed by atoms with Crippen LogP contribution < -0.4 is 4.90 Å². The number of aromatic nitrogens is 2. The Hall–Kier alpha value is -1.16. The summed E-state index contributed by atoms with van der Waals surface area (Å²) in [4.78, 5) is 11.1. The highest BCUT2D eigenvalue weighted by Gasteiger charge is 2.20. The molecular weight excluding hydrogens is 226 g/mol. The van der Waals surface area contributed by atoms with Crippen molar-refractivity contribution in [2.24, 2.45) is 11.8 Å². The molecule has 1 aliphatic rings. The molecule has 1 saturated heterocycles. The topological polar surface area (TPSA) is 49.2 Å². The van der Waals surface area contributed by atoms with E-state index in [2.05, 4.69) is 28.7 Å². The second-order valence-corrected chi connectivity index (χ2v) is 5.63. The van der Waals surface area contributed by atoms with Gasteiger partial charge in [-0.1, -0.05) is 13.8 Å². The smallest absolute Gasteiger partial charge is 0.225 e. The van der Waals surface area contributed by atoms with Crippen LogP contribution in [0.1, 0.15) is 32.3 Å². The molecule has 2 rings (SSSR count). The maximum absolute atomic E-state index is 9.23. The molecule has 0 aromatic carbocycles. The minimum atomic E-state index is 0.266. The van der Waals surface area contributed by atoms with Gasteiger partial charge >= 0.3 is 0 Å². The SMILES string of the molecule is CC(C)Cc1cnc(N2CCCC(CO)C2)nc1. The van der Waals surface area contributed by atoms with Crippen LogP contribution in [0.25, 0.3) is 0 Å². The lowest BCUT2D eigenvalue weighted by Crippen LogP contribution is -2.37. The van der Waals surface area contributed by atoms with Crippen molar-refractivity contribution >= 4 is 5.95 Å². The van der Waals surface area contributed by atoms with Crippen molar-refractivity contribution in [2.45, 2.75) is 33.1 Å². The minimum absolute atomic E-state index is 0.266. The van der Waals surface area contributed by atoms with Crippen molar-refractivity contribution in [1.82, 2.24) is 9.97 Å². The zero-order chi connectivity index (χ0) is 13.0. The van der Waals surface area contributed by atoms with E-state index in [0.29, 0.717) is 11.8 Å². The summed E-state index contributed by atoms with van der Waals surface area (Å²) in [6.45, 7) is 6.54. The summed E-state index contributed by atoms with van der Waals surface area (Å²) in [5.41, 5.74) is 1.20. The molecule has 0 spiro atoms. The Bertz CT molecular complexity index is 364. The number of hydrogen-bond acceptors (Lipinski definition) is 4. The standard InChI is InChI=1S/C14H23N3O/c1-11(2)6-13-7-15-14(16-8-13)17-5-3-4-12(9-17)10-18/h7-8,11-12,18H,3-6,9-10H2,1-2H3. The van der Waals surface area contributed by atoms with Gasteiger partial charge in [0.25, 0.3) is 0 Å². The second kappa shape index (κ2) is 6.14. The Labute approximate surface area is 109 Å². The van der Waals surface area contributed by atoms with Crippen LogP contribution in [-0.2, 0) is 6.42 Å². The molecule has 1 aliphatic heterocycles. The van der Waals surface area contributed by atoms with E-state index in [0.717, 1.165) is 38.3 Å². The van der Waals surface area contributed by atoms with E-state index in [1.54, 1.807) is 0 Å². The molecule has 0 bridgehead atoms. The van der Waals surface area contributed by atoms with E-state index in [-0.39, 0.29) is 6.61 Å². The monoisotopic (exact) mass is 249 g/mol. The first-order valence-corrected chi connectivity index (χ1v) is 6.85. The van der Waals surface area contributed by atoms with Gasteiger partial charge in [0.1, 0.15) is 0 Å². The third kappa shape index (κ3) is 3.42. The molecule has 0 aliphatic carbocycles. The molecule has 1 atom stereocenters. The van der Waals surface area contributed by atoms with E-state index < -0.39 is 0 Å². The average Bonchev–Trinajstić information content (AvgIpc) is 2.39. The largest absolute Gasteiger partial charge is 0.396 e. The average molecular weight is 249 g/mol. The van der Waals surface area contributed by atoms with Gasteiger partial charge in [0.05, 0.1) is 0 Å². The Morgan fingerprint density at radius 1 is 1.39 bits per heavy atom. The van der Waals surface area contributed by atoms with Crippen LogP contribution in [0, 0.1) is 11.8 Å². The third-order valence-electron chi connectivity index (χ3n) is 3.40. The number of anilines is 1. The van der Waals surface area contributed by atoms with Gasteiger partial charge in [0.2, 0.25) is 5.95 Å². The summed E-state index contributed by atoms with van der Waals surface area (Å²) in [5, 5.41) is 9.23. The van der Waals surface area contributed by atoms with Crippen LogP contribution in [0.4, 0.5) is 5.95 Å². The quantitative estimate of drug-likeness (QED) is 0.885. The van der Waals surface area contributed by atoms with Crippen molar-refractivity contribution in [1.29, 1.82) is 0 Å². The van der Waals surface area contributed by atoms with Crippen molar-refractivity contribution in [2.75, 3.05) is 24.6 Å². The highest BCUT2D eigenvalue weighted by molar-refractivity contribution is 5.30. The van der Waals surface area contributed by atoms with E-state index >= 15 is 0 Å². The molecule has 1 aromatic heterocycles. The van der Waals surface area contributed by atoms with Crippen LogP contribution in [-0.4, -0.2) is 34.8 Å². The molecule has 0 radical (unpaired) electrons. The highest BCUT2D eigenvalue weighted by atomic mass is 16.3. The molecule has 4 nitrogen and oxygen atoms in total. The molecular formula is C14H23N3O. The van der Waals surface area contributed by atoms with Gasteiger partial charge in [-0.3, -0.25) is 0 Å². The molecule has 0 amide bonds. The van der Waals surface area contributed by atoms with Crippen molar-refractivity contribution < 1.29 is 5.11 Å². The third-order valence-corrected chi connectivity index (χ3v) is 3.40. The van der Waals surface area contributed by atoms with Crippen LogP contribution in [0.3, 0.4) is 0 Å².